The molecule has 2 saturated heterocycles. The lowest BCUT2D eigenvalue weighted by Crippen LogP contribution is -2.54. The molecule has 0 saturated carbocycles. The number of amides is 1. The number of carbonyl (C=O) groups excluding carboxylic acids is 1. The number of rotatable bonds is 2. The van der Waals surface area contributed by atoms with Gasteiger partial charge in [0, 0.05) is 6.04 Å². The summed E-state index contributed by atoms with van der Waals surface area (Å²) in [6, 6.07) is 0.415. The minimum atomic E-state index is 0.0309. The van der Waals surface area contributed by atoms with Crippen LogP contribution in [0, 0.1) is 5.92 Å². The van der Waals surface area contributed by atoms with Gasteiger partial charge in [0.1, 0.15) is 0 Å². The Morgan fingerprint density at radius 1 is 1.29 bits per heavy atom. The standard InChI is InChI=1S/C13H25N3O/c1-10-4-3-7-14-12(10)13(17)15-11-5-8-16(2)9-6-11/h10-12,14H,3-9H2,1-2H3,(H,15,17). The first-order valence-electron chi connectivity index (χ1n) is 6.89. The third-order valence-electron chi connectivity index (χ3n) is 4.12. The highest BCUT2D eigenvalue weighted by Crippen LogP contribution is 2.16. The quantitative estimate of drug-likeness (QED) is 0.741. The van der Waals surface area contributed by atoms with E-state index in [-0.39, 0.29) is 11.9 Å². The minimum absolute atomic E-state index is 0.0309. The SMILES string of the molecule is CC1CCCNC1C(=O)NC1CCN(C)CC1. The predicted molar refractivity (Wildman–Crippen MR) is 68.9 cm³/mol. The van der Waals surface area contributed by atoms with E-state index < -0.39 is 0 Å². The molecule has 0 bridgehead atoms. The van der Waals surface area contributed by atoms with Gasteiger partial charge in [-0.3, -0.25) is 4.79 Å². The molecule has 2 N–H and O–H groups in total. The average molecular weight is 239 g/mol. The van der Waals surface area contributed by atoms with Gasteiger partial charge in [0.25, 0.3) is 0 Å². The first-order chi connectivity index (χ1) is 8.16. The highest BCUT2D eigenvalue weighted by molar-refractivity contribution is 5.82. The molecule has 2 unspecified atom stereocenters. The van der Waals surface area contributed by atoms with Crippen molar-refractivity contribution in [1.29, 1.82) is 0 Å². The van der Waals surface area contributed by atoms with Crippen LogP contribution >= 0.6 is 0 Å². The second kappa shape index (κ2) is 5.83. The number of nitrogens with zero attached hydrogens (tertiary/aromatic N) is 1. The molecule has 0 aromatic rings. The van der Waals surface area contributed by atoms with E-state index in [1.54, 1.807) is 0 Å². The maximum absolute atomic E-state index is 12.2. The van der Waals surface area contributed by atoms with Gasteiger partial charge in [-0.1, -0.05) is 6.92 Å². The van der Waals surface area contributed by atoms with Crippen molar-refractivity contribution in [2.24, 2.45) is 5.92 Å². The highest BCUT2D eigenvalue weighted by atomic mass is 16.2. The molecule has 98 valence electrons. The van der Waals surface area contributed by atoms with Crippen LogP contribution in [0.15, 0.2) is 0 Å². The molecule has 17 heavy (non-hydrogen) atoms. The fraction of sp³-hybridized carbons (Fsp3) is 0.923. The van der Waals surface area contributed by atoms with Crippen LogP contribution in [0.4, 0.5) is 0 Å². The van der Waals surface area contributed by atoms with E-state index >= 15 is 0 Å². The maximum Gasteiger partial charge on any atom is 0.237 e. The first kappa shape index (κ1) is 12.8. The molecule has 2 aliphatic heterocycles. The molecule has 2 aliphatic rings. The molecule has 0 aliphatic carbocycles. The smallest absolute Gasteiger partial charge is 0.237 e. The van der Waals surface area contributed by atoms with E-state index in [1.165, 1.54) is 12.8 Å². The Hall–Kier alpha value is -0.610. The predicted octanol–water partition coefficient (Wildman–Crippen LogP) is 0.585. The van der Waals surface area contributed by atoms with Crippen molar-refractivity contribution >= 4 is 5.91 Å². The van der Waals surface area contributed by atoms with Crippen LogP contribution < -0.4 is 10.6 Å². The molecule has 4 nitrogen and oxygen atoms in total. The Morgan fingerprint density at radius 2 is 2.00 bits per heavy atom. The summed E-state index contributed by atoms with van der Waals surface area (Å²) in [5.41, 5.74) is 0. The minimum Gasteiger partial charge on any atom is -0.352 e. The van der Waals surface area contributed by atoms with Gasteiger partial charge in [-0.25, -0.2) is 0 Å². The molecule has 2 fully saturated rings. The molecule has 0 aromatic carbocycles. The van der Waals surface area contributed by atoms with Crippen LogP contribution in [0.2, 0.25) is 0 Å². The Balaban J connectivity index is 1.79. The zero-order chi connectivity index (χ0) is 12.3. The van der Waals surface area contributed by atoms with Crippen LogP contribution in [0.1, 0.15) is 32.6 Å². The first-order valence-corrected chi connectivity index (χ1v) is 6.89. The summed E-state index contributed by atoms with van der Waals surface area (Å²) in [6.07, 6.45) is 4.53. The lowest BCUT2D eigenvalue weighted by molar-refractivity contribution is -0.125. The zero-order valence-electron chi connectivity index (χ0n) is 11.0. The van der Waals surface area contributed by atoms with Crippen LogP contribution in [-0.4, -0.2) is 49.6 Å². The van der Waals surface area contributed by atoms with Gasteiger partial charge < -0.3 is 15.5 Å². The molecule has 0 spiro atoms. The van der Waals surface area contributed by atoms with Crippen LogP contribution in [0.25, 0.3) is 0 Å². The molecule has 2 heterocycles. The van der Waals surface area contributed by atoms with Crippen LogP contribution in [0.5, 0.6) is 0 Å². The number of hydrogen-bond acceptors (Lipinski definition) is 3. The molecule has 0 radical (unpaired) electrons. The summed E-state index contributed by atoms with van der Waals surface area (Å²) in [7, 11) is 2.14. The summed E-state index contributed by atoms with van der Waals surface area (Å²) in [5.74, 6) is 0.682. The Labute approximate surface area is 104 Å². The second-order valence-electron chi connectivity index (χ2n) is 5.64. The molecule has 4 heteroatoms. The summed E-state index contributed by atoms with van der Waals surface area (Å²) >= 11 is 0. The summed E-state index contributed by atoms with van der Waals surface area (Å²) < 4.78 is 0. The van der Waals surface area contributed by atoms with Crippen LogP contribution in [-0.2, 0) is 4.79 Å². The van der Waals surface area contributed by atoms with E-state index in [9.17, 15) is 4.79 Å². The van der Waals surface area contributed by atoms with Gasteiger partial charge in [-0.2, -0.15) is 0 Å². The topological polar surface area (TPSA) is 44.4 Å². The fourth-order valence-corrected chi connectivity index (χ4v) is 2.84. The summed E-state index contributed by atoms with van der Waals surface area (Å²) in [6.45, 7) is 5.35. The van der Waals surface area contributed by atoms with E-state index in [2.05, 4.69) is 29.5 Å². The van der Waals surface area contributed by atoms with E-state index in [0.29, 0.717) is 12.0 Å². The number of piperidine rings is 2. The monoisotopic (exact) mass is 239 g/mol. The third kappa shape index (κ3) is 3.42. The van der Waals surface area contributed by atoms with Crippen molar-refractivity contribution in [3.63, 3.8) is 0 Å². The summed E-state index contributed by atoms with van der Waals surface area (Å²) in [4.78, 5) is 14.5. The molecule has 0 aromatic heterocycles. The van der Waals surface area contributed by atoms with Gasteiger partial charge in [-0.05, 0) is 58.3 Å². The van der Waals surface area contributed by atoms with Crippen molar-refractivity contribution in [3.8, 4) is 0 Å². The largest absolute Gasteiger partial charge is 0.352 e. The van der Waals surface area contributed by atoms with Gasteiger partial charge in [-0.15, -0.1) is 0 Å². The van der Waals surface area contributed by atoms with Gasteiger partial charge >= 0.3 is 0 Å². The molecular formula is C13H25N3O. The molecular weight excluding hydrogens is 214 g/mol. The van der Waals surface area contributed by atoms with Crippen molar-refractivity contribution in [2.75, 3.05) is 26.7 Å². The third-order valence-corrected chi connectivity index (χ3v) is 4.12. The lowest BCUT2D eigenvalue weighted by Gasteiger charge is -2.33. The fourth-order valence-electron chi connectivity index (χ4n) is 2.84. The van der Waals surface area contributed by atoms with Crippen LogP contribution in [0.3, 0.4) is 0 Å². The Kier molecular flexibility index (Phi) is 4.40. The zero-order valence-corrected chi connectivity index (χ0v) is 11.0. The number of likely N-dealkylation sites (tertiary alicyclic amines) is 1. The summed E-state index contributed by atoms with van der Waals surface area (Å²) in [5, 5.41) is 6.56. The van der Waals surface area contributed by atoms with E-state index in [4.69, 9.17) is 0 Å². The second-order valence-corrected chi connectivity index (χ2v) is 5.64. The number of nitrogens with one attached hydrogen (secondary N) is 2. The molecule has 2 rings (SSSR count). The van der Waals surface area contributed by atoms with Gasteiger partial charge in [0.2, 0.25) is 5.91 Å². The Bertz CT molecular complexity index is 261. The number of hydrogen-bond donors (Lipinski definition) is 2. The van der Waals surface area contributed by atoms with Gasteiger partial charge in [0.15, 0.2) is 0 Å². The van der Waals surface area contributed by atoms with Crippen molar-refractivity contribution < 1.29 is 4.79 Å². The van der Waals surface area contributed by atoms with Crippen molar-refractivity contribution in [1.82, 2.24) is 15.5 Å². The molecule has 2 atom stereocenters. The number of carbonyl (C=O) groups is 1. The molecule has 1 amide bonds. The average Bonchev–Trinajstić information content (AvgIpc) is 2.32. The highest BCUT2D eigenvalue weighted by Gasteiger charge is 2.29. The van der Waals surface area contributed by atoms with E-state index in [0.717, 1.165) is 32.5 Å². The van der Waals surface area contributed by atoms with Crippen molar-refractivity contribution in [2.45, 2.75) is 44.7 Å². The Morgan fingerprint density at radius 3 is 2.65 bits per heavy atom. The van der Waals surface area contributed by atoms with E-state index in [1.807, 2.05) is 0 Å². The normalized spacial score (nSPS) is 32.4. The lowest BCUT2D eigenvalue weighted by atomic mass is 9.91. The maximum atomic E-state index is 12.2. The van der Waals surface area contributed by atoms with Gasteiger partial charge in [0.05, 0.1) is 6.04 Å². The van der Waals surface area contributed by atoms with Crippen molar-refractivity contribution in [3.05, 3.63) is 0 Å².